The molecule has 0 radical (unpaired) electrons. The van der Waals surface area contributed by atoms with E-state index in [4.69, 9.17) is 4.74 Å². The van der Waals surface area contributed by atoms with Gasteiger partial charge in [-0.05, 0) is 43.4 Å². The van der Waals surface area contributed by atoms with Gasteiger partial charge in [-0.1, -0.05) is 25.0 Å². The summed E-state index contributed by atoms with van der Waals surface area (Å²) in [6.45, 7) is 0.662. The normalized spacial score (nSPS) is 24.0. The number of rotatable bonds is 7. The molecule has 2 rings (SSSR count). The molecule has 0 heterocycles. The zero-order chi connectivity index (χ0) is 15.1. The molecular formula is C17H26FNO2. The average Bonchev–Trinajstić information content (AvgIpc) is 2.47. The molecule has 0 bridgehead atoms. The van der Waals surface area contributed by atoms with Crippen molar-refractivity contribution in [3.8, 4) is 0 Å². The number of nitrogens with one attached hydrogen (secondary N) is 1. The lowest BCUT2D eigenvalue weighted by atomic mass is 9.91. The summed E-state index contributed by atoms with van der Waals surface area (Å²) in [6, 6.07) is 7.08. The largest absolute Gasteiger partial charge is 0.392 e. The average molecular weight is 295 g/mol. The van der Waals surface area contributed by atoms with Crippen LogP contribution >= 0.6 is 0 Å². The van der Waals surface area contributed by atoms with Crippen LogP contribution in [0.1, 0.15) is 37.7 Å². The molecule has 0 amide bonds. The van der Waals surface area contributed by atoms with E-state index in [-0.39, 0.29) is 24.0 Å². The lowest BCUT2D eigenvalue weighted by Crippen LogP contribution is -2.48. The molecule has 0 aliphatic heterocycles. The molecule has 118 valence electrons. The van der Waals surface area contributed by atoms with Gasteiger partial charge < -0.3 is 15.2 Å². The maximum Gasteiger partial charge on any atom is 0.123 e. The first kappa shape index (κ1) is 16.4. The Morgan fingerprint density at radius 2 is 2.19 bits per heavy atom. The molecule has 1 aromatic rings. The zero-order valence-electron chi connectivity index (χ0n) is 12.7. The van der Waals surface area contributed by atoms with Gasteiger partial charge in [-0.2, -0.15) is 0 Å². The van der Waals surface area contributed by atoms with E-state index in [9.17, 15) is 9.50 Å². The number of methoxy groups -OCH3 is 1. The Hall–Kier alpha value is -0.970. The minimum atomic E-state index is -0.267. The van der Waals surface area contributed by atoms with Crippen LogP contribution in [-0.4, -0.2) is 37.0 Å². The molecule has 3 unspecified atom stereocenters. The molecule has 1 fully saturated rings. The molecule has 0 spiro atoms. The zero-order valence-corrected chi connectivity index (χ0v) is 12.7. The number of halogens is 1. The standard InChI is InChI=1S/C17H26FNO2/c1-21-10-9-15(12-13-5-4-6-14(18)11-13)19-16-7-2-3-8-17(16)20/h4-6,11,15-17,19-20H,2-3,7-10,12H2,1H3. The first-order chi connectivity index (χ1) is 10.2. The van der Waals surface area contributed by atoms with Crippen LogP contribution in [0.2, 0.25) is 0 Å². The lowest BCUT2D eigenvalue weighted by molar-refractivity contribution is 0.0807. The molecule has 4 heteroatoms. The fourth-order valence-electron chi connectivity index (χ4n) is 3.06. The summed E-state index contributed by atoms with van der Waals surface area (Å²) in [7, 11) is 1.69. The van der Waals surface area contributed by atoms with E-state index in [0.29, 0.717) is 6.61 Å². The maximum atomic E-state index is 13.3. The van der Waals surface area contributed by atoms with Crippen LogP contribution in [0, 0.1) is 5.82 Å². The third kappa shape index (κ3) is 5.38. The third-order valence-corrected chi connectivity index (χ3v) is 4.22. The molecule has 1 saturated carbocycles. The van der Waals surface area contributed by atoms with Gasteiger partial charge in [0.25, 0.3) is 0 Å². The maximum absolute atomic E-state index is 13.3. The lowest BCUT2D eigenvalue weighted by Gasteiger charge is -2.32. The predicted molar refractivity (Wildman–Crippen MR) is 81.8 cm³/mol. The first-order valence-corrected chi connectivity index (χ1v) is 7.86. The monoisotopic (exact) mass is 295 g/mol. The Balaban J connectivity index is 1.96. The van der Waals surface area contributed by atoms with Gasteiger partial charge in [0.15, 0.2) is 0 Å². The summed E-state index contributed by atoms with van der Waals surface area (Å²) < 4.78 is 18.5. The summed E-state index contributed by atoms with van der Waals surface area (Å²) >= 11 is 0. The van der Waals surface area contributed by atoms with Gasteiger partial charge in [0.1, 0.15) is 5.82 Å². The SMILES string of the molecule is COCCC(Cc1cccc(F)c1)NC1CCCCC1O. The van der Waals surface area contributed by atoms with E-state index in [1.807, 2.05) is 6.07 Å². The molecular weight excluding hydrogens is 269 g/mol. The summed E-state index contributed by atoms with van der Waals surface area (Å²) in [5.74, 6) is -0.198. The topological polar surface area (TPSA) is 41.5 Å². The van der Waals surface area contributed by atoms with Crippen molar-refractivity contribution in [3.05, 3.63) is 35.6 Å². The van der Waals surface area contributed by atoms with Gasteiger partial charge in [0.05, 0.1) is 6.10 Å². The van der Waals surface area contributed by atoms with E-state index >= 15 is 0 Å². The number of benzene rings is 1. The molecule has 3 nitrogen and oxygen atoms in total. The van der Waals surface area contributed by atoms with Crippen LogP contribution in [0.4, 0.5) is 4.39 Å². The highest BCUT2D eigenvalue weighted by Gasteiger charge is 2.25. The van der Waals surface area contributed by atoms with Crippen molar-refractivity contribution in [2.45, 2.75) is 56.7 Å². The van der Waals surface area contributed by atoms with Crippen molar-refractivity contribution in [1.82, 2.24) is 5.32 Å². The van der Waals surface area contributed by atoms with Crippen molar-refractivity contribution in [2.24, 2.45) is 0 Å². The van der Waals surface area contributed by atoms with Crippen LogP contribution in [0.3, 0.4) is 0 Å². The van der Waals surface area contributed by atoms with E-state index in [2.05, 4.69) is 5.32 Å². The van der Waals surface area contributed by atoms with Crippen molar-refractivity contribution in [1.29, 1.82) is 0 Å². The Morgan fingerprint density at radius 3 is 2.90 bits per heavy atom. The minimum absolute atomic E-state index is 0.147. The molecule has 0 saturated heterocycles. The second-order valence-electron chi connectivity index (χ2n) is 5.94. The Kier molecular flexibility index (Phi) is 6.61. The summed E-state index contributed by atoms with van der Waals surface area (Å²) in [5.41, 5.74) is 0.980. The molecule has 3 atom stereocenters. The van der Waals surface area contributed by atoms with Gasteiger partial charge in [-0.15, -0.1) is 0 Å². The van der Waals surface area contributed by atoms with Crippen molar-refractivity contribution >= 4 is 0 Å². The number of hydrogen-bond acceptors (Lipinski definition) is 3. The van der Waals surface area contributed by atoms with Crippen molar-refractivity contribution in [3.63, 3.8) is 0 Å². The Labute approximate surface area is 126 Å². The third-order valence-electron chi connectivity index (χ3n) is 4.22. The molecule has 1 aliphatic rings. The highest BCUT2D eigenvalue weighted by atomic mass is 19.1. The molecule has 21 heavy (non-hydrogen) atoms. The smallest absolute Gasteiger partial charge is 0.123 e. The number of ether oxygens (including phenoxy) is 1. The summed E-state index contributed by atoms with van der Waals surface area (Å²) in [6.07, 6.45) is 5.48. The predicted octanol–water partition coefficient (Wildman–Crippen LogP) is 2.67. The molecule has 2 N–H and O–H groups in total. The molecule has 1 aliphatic carbocycles. The van der Waals surface area contributed by atoms with Gasteiger partial charge in [-0.25, -0.2) is 4.39 Å². The van der Waals surface area contributed by atoms with Gasteiger partial charge >= 0.3 is 0 Å². The minimum Gasteiger partial charge on any atom is -0.392 e. The van der Waals surface area contributed by atoms with E-state index in [1.165, 1.54) is 6.07 Å². The quantitative estimate of drug-likeness (QED) is 0.812. The molecule has 1 aromatic carbocycles. The highest BCUT2D eigenvalue weighted by molar-refractivity contribution is 5.17. The van der Waals surface area contributed by atoms with E-state index < -0.39 is 0 Å². The number of aliphatic hydroxyl groups is 1. The van der Waals surface area contributed by atoms with Crippen molar-refractivity contribution in [2.75, 3.05) is 13.7 Å². The first-order valence-electron chi connectivity index (χ1n) is 7.86. The fourth-order valence-corrected chi connectivity index (χ4v) is 3.06. The van der Waals surface area contributed by atoms with Crippen LogP contribution in [-0.2, 0) is 11.2 Å². The van der Waals surface area contributed by atoms with Gasteiger partial charge in [0, 0.05) is 25.8 Å². The number of hydrogen-bond donors (Lipinski definition) is 2. The van der Waals surface area contributed by atoms with E-state index in [0.717, 1.165) is 44.1 Å². The van der Waals surface area contributed by atoms with Crippen LogP contribution in [0.5, 0.6) is 0 Å². The molecule has 0 aromatic heterocycles. The highest BCUT2D eigenvalue weighted by Crippen LogP contribution is 2.20. The van der Waals surface area contributed by atoms with Gasteiger partial charge in [0.2, 0.25) is 0 Å². The Morgan fingerprint density at radius 1 is 1.38 bits per heavy atom. The van der Waals surface area contributed by atoms with Crippen molar-refractivity contribution < 1.29 is 14.2 Å². The summed E-state index contributed by atoms with van der Waals surface area (Å²) in [5, 5.41) is 13.7. The van der Waals surface area contributed by atoms with Crippen LogP contribution in [0.25, 0.3) is 0 Å². The van der Waals surface area contributed by atoms with Crippen LogP contribution in [0.15, 0.2) is 24.3 Å². The van der Waals surface area contributed by atoms with Crippen LogP contribution < -0.4 is 5.32 Å². The Bertz CT molecular complexity index is 427. The second-order valence-corrected chi connectivity index (χ2v) is 5.94. The second kappa shape index (κ2) is 8.47. The fraction of sp³-hybridized carbons (Fsp3) is 0.647. The summed E-state index contributed by atoms with van der Waals surface area (Å²) in [4.78, 5) is 0. The van der Waals surface area contributed by atoms with Gasteiger partial charge in [-0.3, -0.25) is 0 Å². The number of aliphatic hydroxyl groups excluding tert-OH is 1. The van der Waals surface area contributed by atoms with E-state index in [1.54, 1.807) is 19.2 Å².